The van der Waals surface area contributed by atoms with Gasteiger partial charge in [-0.3, -0.25) is 14.9 Å². The molecule has 27 heavy (non-hydrogen) atoms. The molecule has 2 aromatic carbocycles. The maximum atomic E-state index is 12.1. The van der Waals surface area contributed by atoms with Gasteiger partial charge in [0.2, 0.25) is 11.1 Å². The minimum Gasteiger partial charge on any atom is -0.335 e. The van der Waals surface area contributed by atoms with Crippen LogP contribution in [-0.4, -0.2) is 31.5 Å². The van der Waals surface area contributed by atoms with Crippen LogP contribution in [0.1, 0.15) is 0 Å². The number of carbonyl (C=O) groups is 1. The Bertz CT molecular complexity index is 1010. The molecule has 1 aromatic heterocycles. The Kier molecular flexibility index (Phi) is 5.57. The Morgan fingerprint density at radius 3 is 2.78 bits per heavy atom. The second kappa shape index (κ2) is 8.06. The minimum atomic E-state index is -0.559. The van der Waals surface area contributed by atoms with Crippen LogP contribution in [0.4, 0.5) is 11.4 Å². The average molecular weight is 405 g/mol. The van der Waals surface area contributed by atoms with Gasteiger partial charge in [0.05, 0.1) is 10.7 Å². The number of nitro groups is 1. The van der Waals surface area contributed by atoms with Crippen LogP contribution in [0.3, 0.4) is 0 Å². The predicted molar refractivity (Wildman–Crippen MR) is 103 cm³/mol. The van der Waals surface area contributed by atoms with Gasteiger partial charge in [0.1, 0.15) is 5.69 Å². The van der Waals surface area contributed by atoms with Crippen molar-refractivity contribution in [3.05, 3.63) is 63.7 Å². The summed E-state index contributed by atoms with van der Waals surface area (Å²) >= 11 is 7.02. The molecular formula is C16H13ClN6O3S. The topological polar surface area (TPSA) is 129 Å². The molecule has 3 N–H and O–H groups in total. The number of para-hydroxylation sites is 2. The molecule has 1 amide bonds. The normalized spacial score (nSPS) is 10.6. The van der Waals surface area contributed by atoms with E-state index in [0.717, 1.165) is 11.8 Å². The Balaban J connectivity index is 1.67. The fourth-order valence-electron chi connectivity index (χ4n) is 2.25. The SMILES string of the molecule is Nn1c(SCC(=O)Nc2ccccc2[N+](=O)[O-])nnc1-c1cccc(Cl)c1. The van der Waals surface area contributed by atoms with Crippen LogP contribution in [0.25, 0.3) is 11.4 Å². The molecular weight excluding hydrogens is 392 g/mol. The zero-order chi connectivity index (χ0) is 19.4. The summed E-state index contributed by atoms with van der Waals surface area (Å²) < 4.78 is 1.26. The smallest absolute Gasteiger partial charge is 0.292 e. The number of benzene rings is 2. The molecule has 1 heterocycles. The summed E-state index contributed by atoms with van der Waals surface area (Å²) in [4.78, 5) is 22.6. The van der Waals surface area contributed by atoms with Gasteiger partial charge in [0.25, 0.3) is 5.69 Å². The number of hydrogen-bond acceptors (Lipinski definition) is 7. The van der Waals surface area contributed by atoms with Crippen molar-refractivity contribution in [3.63, 3.8) is 0 Å². The fraction of sp³-hybridized carbons (Fsp3) is 0.0625. The van der Waals surface area contributed by atoms with E-state index < -0.39 is 10.8 Å². The number of nitrogens with two attached hydrogens (primary N) is 1. The number of halogens is 1. The summed E-state index contributed by atoms with van der Waals surface area (Å²) in [5.41, 5.74) is 0.636. The third kappa shape index (κ3) is 4.36. The predicted octanol–water partition coefficient (Wildman–Crippen LogP) is 2.95. The Morgan fingerprint density at radius 2 is 2.04 bits per heavy atom. The molecule has 0 saturated carbocycles. The molecule has 0 spiro atoms. The summed E-state index contributed by atoms with van der Waals surface area (Å²) in [7, 11) is 0. The van der Waals surface area contributed by atoms with Crippen LogP contribution < -0.4 is 11.2 Å². The van der Waals surface area contributed by atoms with E-state index in [4.69, 9.17) is 17.4 Å². The van der Waals surface area contributed by atoms with Crippen molar-refractivity contribution in [2.24, 2.45) is 0 Å². The number of hydrogen-bond donors (Lipinski definition) is 2. The number of nitrogens with one attached hydrogen (secondary N) is 1. The maximum absolute atomic E-state index is 12.1. The number of rotatable bonds is 6. The molecule has 9 nitrogen and oxygen atoms in total. The van der Waals surface area contributed by atoms with Crippen LogP contribution in [0.2, 0.25) is 5.02 Å². The van der Waals surface area contributed by atoms with Crippen molar-refractivity contribution >= 4 is 40.6 Å². The molecule has 0 aliphatic heterocycles. The van der Waals surface area contributed by atoms with Crippen molar-refractivity contribution < 1.29 is 9.72 Å². The highest BCUT2D eigenvalue weighted by molar-refractivity contribution is 7.99. The van der Waals surface area contributed by atoms with E-state index in [9.17, 15) is 14.9 Å². The van der Waals surface area contributed by atoms with Gasteiger partial charge in [-0.15, -0.1) is 10.2 Å². The highest BCUT2D eigenvalue weighted by Crippen LogP contribution is 2.25. The summed E-state index contributed by atoms with van der Waals surface area (Å²) in [5.74, 6) is 5.92. The second-order valence-electron chi connectivity index (χ2n) is 5.30. The number of nitro benzene ring substituents is 1. The lowest BCUT2D eigenvalue weighted by atomic mass is 10.2. The number of carbonyl (C=O) groups excluding carboxylic acids is 1. The molecule has 3 aromatic rings. The minimum absolute atomic E-state index is 0.0447. The highest BCUT2D eigenvalue weighted by Gasteiger charge is 2.17. The number of anilines is 1. The van der Waals surface area contributed by atoms with Crippen LogP contribution in [0.5, 0.6) is 0 Å². The molecule has 0 aliphatic carbocycles. The molecule has 11 heteroatoms. The number of amides is 1. The van der Waals surface area contributed by atoms with Crippen LogP contribution in [0, 0.1) is 10.1 Å². The molecule has 138 valence electrons. The zero-order valence-electron chi connectivity index (χ0n) is 13.7. The monoisotopic (exact) mass is 404 g/mol. The first-order valence-electron chi connectivity index (χ1n) is 7.58. The molecule has 0 atom stereocenters. The third-order valence-electron chi connectivity index (χ3n) is 3.45. The molecule has 0 radical (unpaired) electrons. The van der Waals surface area contributed by atoms with Crippen LogP contribution >= 0.6 is 23.4 Å². The molecule has 0 unspecified atom stereocenters. The van der Waals surface area contributed by atoms with Crippen LogP contribution in [-0.2, 0) is 4.79 Å². The van der Waals surface area contributed by atoms with Gasteiger partial charge in [0, 0.05) is 16.7 Å². The number of thioether (sulfide) groups is 1. The molecule has 0 saturated heterocycles. The Labute approximate surface area is 162 Å². The van der Waals surface area contributed by atoms with Crippen molar-refractivity contribution in [2.45, 2.75) is 5.16 Å². The largest absolute Gasteiger partial charge is 0.335 e. The van der Waals surface area contributed by atoms with E-state index in [-0.39, 0.29) is 17.1 Å². The van der Waals surface area contributed by atoms with Gasteiger partial charge >= 0.3 is 0 Å². The summed E-state index contributed by atoms with van der Waals surface area (Å²) in [6, 6.07) is 12.9. The third-order valence-corrected chi connectivity index (χ3v) is 4.63. The van der Waals surface area contributed by atoms with E-state index >= 15 is 0 Å². The Morgan fingerprint density at radius 1 is 1.26 bits per heavy atom. The fourth-order valence-corrected chi connectivity index (χ4v) is 3.10. The van der Waals surface area contributed by atoms with E-state index in [1.807, 2.05) is 0 Å². The van der Waals surface area contributed by atoms with E-state index in [1.165, 1.54) is 22.9 Å². The first kappa shape index (κ1) is 18.7. The lowest BCUT2D eigenvalue weighted by molar-refractivity contribution is -0.383. The summed E-state index contributed by atoms with van der Waals surface area (Å²) in [6.07, 6.45) is 0. The van der Waals surface area contributed by atoms with Crippen molar-refractivity contribution in [3.8, 4) is 11.4 Å². The van der Waals surface area contributed by atoms with Gasteiger partial charge in [-0.2, -0.15) is 0 Å². The average Bonchev–Trinajstić information content (AvgIpc) is 3.01. The number of nitrogen functional groups attached to an aromatic ring is 1. The van der Waals surface area contributed by atoms with Gasteiger partial charge in [-0.1, -0.05) is 47.6 Å². The summed E-state index contributed by atoms with van der Waals surface area (Å²) in [5, 5.41) is 22.3. The van der Waals surface area contributed by atoms with Crippen LogP contribution in [0.15, 0.2) is 53.7 Å². The number of nitrogens with zero attached hydrogens (tertiary/aromatic N) is 4. The second-order valence-corrected chi connectivity index (χ2v) is 6.68. The van der Waals surface area contributed by atoms with Crippen molar-refractivity contribution in [2.75, 3.05) is 16.9 Å². The summed E-state index contributed by atoms with van der Waals surface area (Å²) in [6.45, 7) is 0. The van der Waals surface area contributed by atoms with Crippen molar-refractivity contribution in [1.29, 1.82) is 0 Å². The van der Waals surface area contributed by atoms with E-state index in [1.54, 1.807) is 30.3 Å². The van der Waals surface area contributed by atoms with Gasteiger partial charge in [-0.25, -0.2) is 4.68 Å². The molecule has 3 rings (SSSR count). The molecule has 0 fully saturated rings. The van der Waals surface area contributed by atoms with Gasteiger partial charge in [0.15, 0.2) is 5.82 Å². The lowest BCUT2D eigenvalue weighted by Gasteiger charge is -2.06. The number of aromatic nitrogens is 3. The van der Waals surface area contributed by atoms with Gasteiger partial charge < -0.3 is 11.2 Å². The van der Waals surface area contributed by atoms with E-state index in [0.29, 0.717) is 21.6 Å². The van der Waals surface area contributed by atoms with Gasteiger partial charge in [-0.05, 0) is 18.2 Å². The standard InChI is InChI=1S/C16H13ClN6O3S/c17-11-5-3-4-10(8-11)15-20-21-16(22(15)18)27-9-14(24)19-12-6-1-2-7-13(12)23(25)26/h1-8H,9,18H2,(H,19,24). The Hall–Kier alpha value is -3.11. The van der Waals surface area contributed by atoms with Crippen molar-refractivity contribution in [1.82, 2.24) is 14.9 Å². The first-order chi connectivity index (χ1) is 13.0. The lowest BCUT2D eigenvalue weighted by Crippen LogP contribution is -2.17. The molecule has 0 aliphatic rings. The zero-order valence-corrected chi connectivity index (χ0v) is 15.3. The maximum Gasteiger partial charge on any atom is 0.292 e. The quantitative estimate of drug-likeness (QED) is 0.279. The first-order valence-corrected chi connectivity index (χ1v) is 8.94. The van der Waals surface area contributed by atoms with E-state index in [2.05, 4.69) is 15.5 Å². The molecule has 0 bridgehead atoms. The highest BCUT2D eigenvalue weighted by atomic mass is 35.5.